The molecule has 0 amide bonds. The van der Waals surface area contributed by atoms with Gasteiger partial charge in [-0.05, 0) is 30.7 Å². The van der Waals surface area contributed by atoms with Gasteiger partial charge in [-0.3, -0.25) is 0 Å². The van der Waals surface area contributed by atoms with Crippen LogP contribution in [-0.2, 0) is 0 Å². The number of nitrogens with zero attached hydrogens (tertiary/aromatic N) is 2. The van der Waals surface area contributed by atoms with Gasteiger partial charge in [-0.15, -0.1) is 0 Å². The number of rotatable bonds is 2. The van der Waals surface area contributed by atoms with Crippen LogP contribution in [0.2, 0.25) is 5.02 Å². The van der Waals surface area contributed by atoms with Gasteiger partial charge in [0.2, 0.25) is 0 Å². The van der Waals surface area contributed by atoms with Crippen LogP contribution in [0.1, 0.15) is 11.1 Å². The summed E-state index contributed by atoms with van der Waals surface area (Å²) in [5, 5.41) is 12.4. The maximum Gasteiger partial charge on any atom is 0.132 e. The molecule has 0 saturated heterocycles. The number of aryl methyl sites for hydroxylation is 1. The van der Waals surface area contributed by atoms with Gasteiger partial charge in [0.05, 0.1) is 22.3 Å². The van der Waals surface area contributed by atoms with E-state index in [9.17, 15) is 0 Å². The van der Waals surface area contributed by atoms with Gasteiger partial charge >= 0.3 is 0 Å². The number of anilines is 3. The van der Waals surface area contributed by atoms with Crippen molar-refractivity contribution in [2.45, 2.75) is 6.92 Å². The number of benzene rings is 1. The predicted molar refractivity (Wildman–Crippen MR) is 72.8 cm³/mol. The van der Waals surface area contributed by atoms with Crippen LogP contribution in [0.4, 0.5) is 17.2 Å². The molecule has 2 rings (SSSR count). The Bertz CT molecular complexity index is 631. The predicted octanol–water partition coefficient (Wildman–Crippen LogP) is 3.24. The van der Waals surface area contributed by atoms with Gasteiger partial charge in [0.15, 0.2) is 0 Å². The summed E-state index contributed by atoms with van der Waals surface area (Å²) in [5.74, 6) is 0.593. The Morgan fingerprint density at radius 1 is 1.39 bits per heavy atom. The maximum atomic E-state index is 8.84. The molecule has 0 bridgehead atoms. The first-order chi connectivity index (χ1) is 8.60. The summed E-state index contributed by atoms with van der Waals surface area (Å²) in [6.07, 6.45) is 1.68. The Labute approximate surface area is 110 Å². The summed E-state index contributed by atoms with van der Waals surface area (Å²) < 4.78 is 0. The van der Waals surface area contributed by atoms with Crippen molar-refractivity contribution in [1.29, 1.82) is 5.26 Å². The first kappa shape index (κ1) is 12.2. The van der Waals surface area contributed by atoms with Crippen molar-refractivity contribution in [3.8, 4) is 6.07 Å². The Balaban J connectivity index is 2.33. The zero-order chi connectivity index (χ0) is 13.1. The van der Waals surface area contributed by atoms with Crippen LogP contribution in [0.3, 0.4) is 0 Å². The third-order valence-corrected chi connectivity index (χ3v) is 2.83. The van der Waals surface area contributed by atoms with Gasteiger partial charge in [-0.1, -0.05) is 11.6 Å². The first-order valence-electron chi connectivity index (χ1n) is 5.29. The minimum Gasteiger partial charge on any atom is -0.398 e. The molecule has 3 N–H and O–H groups in total. The molecule has 18 heavy (non-hydrogen) atoms. The summed E-state index contributed by atoms with van der Waals surface area (Å²) in [6.45, 7) is 1.88. The molecule has 0 fully saturated rings. The van der Waals surface area contributed by atoms with Gasteiger partial charge in [-0.2, -0.15) is 5.26 Å². The third kappa shape index (κ3) is 2.53. The van der Waals surface area contributed by atoms with Gasteiger partial charge < -0.3 is 11.1 Å². The summed E-state index contributed by atoms with van der Waals surface area (Å²) in [6, 6.07) is 8.77. The zero-order valence-corrected chi connectivity index (χ0v) is 10.5. The molecule has 0 saturated carbocycles. The van der Waals surface area contributed by atoms with Crippen molar-refractivity contribution in [1.82, 2.24) is 4.98 Å². The highest BCUT2D eigenvalue weighted by Gasteiger charge is 2.04. The highest BCUT2D eigenvalue weighted by atomic mass is 35.5. The molecule has 4 nitrogen and oxygen atoms in total. The molecular weight excluding hydrogens is 248 g/mol. The van der Waals surface area contributed by atoms with Crippen molar-refractivity contribution < 1.29 is 0 Å². The number of pyridine rings is 1. The lowest BCUT2D eigenvalue weighted by Gasteiger charge is -2.09. The molecule has 5 heteroatoms. The van der Waals surface area contributed by atoms with E-state index >= 15 is 0 Å². The quantitative estimate of drug-likeness (QED) is 0.867. The Kier molecular flexibility index (Phi) is 3.35. The van der Waals surface area contributed by atoms with Crippen molar-refractivity contribution in [2.75, 3.05) is 11.1 Å². The van der Waals surface area contributed by atoms with E-state index in [1.54, 1.807) is 30.5 Å². The second-order valence-corrected chi connectivity index (χ2v) is 4.26. The normalized spacial score (nSPS) is 9.83. The first-order valence-corrected chi connectivity index (χ1v) is 5.67. The smallest absolute Gasteiger partial charge is 0.132 e. The van der Waals surface area contributed by atoms with Crippen molar-refractivity contribution in [3.63, 3.8) is 0 Å². The number of hydrogen-bond acceptors (Lipinski definition) is 4. The fraction of sp³-hybridized carbons (Fsp3) is 0.0769. The second kappa shape index (κ2) is 4.94. The van der Waals surface area contributed by atoms with E-state index in [0.29, 0.717) is 27.8 Å². The highest BCUT2D eigenvalue weighted by molar-refractivity contribution is 6.33. The van der Waals surface area contributed by atoms with Gasteiger partial charge in [0.1, 0.15) is 5.82 Å². The third-order valence-electron chi connectivity index (χ3n) is 2.50. The van der Waals surface area contributed by atoms with E-state index in [1.165, 1.54) is 0 Å². The number of nitrogens with one attached hydrogen (secondary N) is 1. The molecule has 1 aromatic carbocycles. The molecule has 0 radical (unpaired) electrons. The maximum absolute atomic E-state index is 8.84. The molecule has 0 atom stereocenters. The van der Waals surface area contributed by atoms with E-state index < -0.39 is 0 Å². The van der Waals surface area contributed by atoms with Gasteiger partial charge in [0.25, 0.3) is 0 Å². The van der Waals surface area contributed by atoms with E-state index in [1.807, 2.05) is 6.92 Å². The second-order valence-electron chi connectivity index (χ2n) is 3.86. The molecule has 90 valence electrons. The van der Waals surface area contributed by atoms with Gasteiger partial charge in [-0.25, -0.2) is 4.98 Å². The topological polar surface area (TPSA) is 74.7 Å². The molecule has 2 aromatic rings. The Morgan fingerprint density at radius 2 is 2.17 bits per heavy atom. The van der Waals surface area contributed by atoms with Crippen LogP contribution in [0.15, 0.2) is 30.5 Å². The minimum atomic E-state index is 0.523. The molecule has 0 aliphatic heterocycles. The summed E-state index contributed by atoms with van der Waals surface area (Å²) in [5.41, 5.74) is 8.53. The van der Waals surface area contributed by atoms with E-state index in [2.05, 4.69) is 16.4 Å². The van der Waals surface area contributed by atoms with Crippen molar-refractivity contribution in [3.05, 3.63) is 46.6 Å². The van der Waals surface area contributed by atoms with Crippen LogP contribution in [0.5, 0.6) is 0 Å². The van der Waals surface area contributed by atoms with Crippen LogP contribution < -0.4 is 11.1 Å². The number of nitrogen functional groups attached to an aromatic ring is 1. The minimum absolute atomic E-state index is 0.523. The zero-order valence-electron chi connectivity index (χ0n) is 9.74. The lowest BCUT2D eigenvalue weighted by atomic mass is 10.2. The standard InChI is InChI=1S/C13H11ClN4/c1-8-7-17-13(5-11(8)16)18-12-4-9(6-15)2-3-10(12)14/h2-5,7H,1H3,(H3,16,17,18). The molecule has 1 heterocycles. The van der Waals surface area contributed by atoms with Crippen molar-refractivity contribution >= 4 is 28.8 Å². The average Bonchev–Trinajstić information content (AvgIpc) is 2.36. The van der Waals surface area contributed by atoms with E-state index in [-0.39, 0.29) is 0 Å². The number of halogens is 1. The number of aromatic nitrogens is 1. The van der Waals surface area contributed by atoms with E-state index in [0.717, 1.165) is 5.56 Å². The SMILES string of the molecule is Cc1cnc(Nc2cc(C#N)ccc2Cl)cc1N. The van der Waals surface area contributed by atoms with Gasteiger partial charge in [0, 0.05) is 18.0 Å². The fourth-order valence-electron chi connectivity index (χ4n) is 1.44. The molecule has 0 unspecified atom stereocenters. The molecule has 0 aliphatic carbocycles. The number of hydrogen-bond donors (Lipinski definition) is 2. The van der Waals surface area contributed by atoms with Crippen LogP contribution in [0, 0.1) is 18.3 Å². The number of nitriles is 1. The largest absolute Gasteiger partial charge is 0.398 e. The summed E-state index contributed by atoms with van der Waals surface area (Å²) in [4.78, 5) is 4.20. The summed E-state index contributed by atoms with van der Waals surface area (Å²) in [7, 11) is 0. The highest BCUT2D eigenvalue weighted by Crippen LogP contribution is 2.26. The Morgan fingerprint density at radius 3 is 2.83 bits per heavy atom. The lowest BCUT2D eigenvalue weighted by Crippen LogP contribution is -1.98. The number of nitrogens with two attached hydrogens (primary N) is 1. The fourth-order valence-corrected chi connectivity index (χ4v) is 1.60. The van der Waals surface area contributed by atoms with Crippen LogP contribution in [-0.4, -0.2) is 4.98 Å². The molecule has 1 aromatic heterocycles. The lowest BCUT2D eigenvalue weighted by molar-refractivity contribution is 1.26. The molecule has 0 spiro atoms. The average molecular weight is 259 g/mol. The summed E-state index contributed by atoms with van der Waals surface area (Å²) >= 11 is 6.04. The van der Waals surface area contributed by atoms with Crippen molar-refractivity contribution in [2.24, 2.45) is 0 Å². The van der Waals surface area contributed by atoms with Crippen LogP contribution in [0.25, 0.3) is 0 Å². The molecule has 0 aliphatic rings. The monoisotopic (exact) mass is 258 g/mol. The van der Waals surface area contributed by atoms with Crippen LogP contribution >= 0.6 is 11.6 Å². The van der Waals surface area contributed by atoms with E-state index in [4.69, 9.17) is 22.6 Å². The molecular formula is C13H11ClN4. The Hall–Kier alpha value is -2.25.